The maximum absolute atomic E-state index is 10.4. The van der Waals surface area contributed by atoms with Crippen LogP contribution < -0.4 is 0 Å². The van der Waals surface area contributed by atoms with Crippen molar-refractivity contribution in [2.75, 3.05) is 6.61 Å². The van der Waals surface area contributed by atoms with Crippen LogP contribution in [0.15, 0.2) is 54.6 Å². The summed E-state index contributed by atoms with van der Waals surface area (Å²) in [5, 5.41) is 10.4. The fourth-order valence-electron chi connectivity index (χ4n) is 2.71. The van der Waals surface area contributed by atoms with Gasteiger partial charge in [-0.15, -0.1) is 0 Å². The molecule has 2 heteroatoms. The first-order valence-electron chi connectivity index (χ1n) is 8.53. The van der Waals surface area contributed by atoms with Gasteiger partial charge in [-0.2, -0.15) is 0 Å². The molecule has 0 saturated carbocycles. The highest BCUT2D eigenvalue weighted by atomic mass is 16.6. The van der Waals surface area contributed by atoms with Gasteiger partial charge >= 0.3 is 0 Å². The van der Waals surface area contributed by atoms with Gasteiger partial charge in [0.2, 0.25) is 5.79 Å². The minimum absolute atomic E-state index is 0.221. The maximum atomic E-state index is 10.4. The van der Waals surface area contributed by atoms with Crippen molar-refractivity contribution in [3.05, 3.63) is 60.2 Å². The molecule has 0 atom stereocenters. The van der Waals surface area contributed by atoms with Crippen molar-refractivity contribution in [1.82, 2.24) is 0 Å². The fourth-order valence-corrected chi connectivity index (χ4v) is 2.71. The Balaban J connectivity index is 1.71. The number of hydrogen-bond acceptors (Lipinski definition) is 2. The number of ether oxygens (including phenoxy) is 1. The molecule has 2 rings (SSSR count). The summed E-state index contributed by atoms with van der Waals surface area (Å²) in [7, 11) is 0. The van der Waals surface area contributed by atoms with Crippen LogP contribution in [-0.4, -0.2) is 17.5 Å². The molecular weight excluding hydrogens is 272 g/mol. The number of rotatable bonds is 9. The third kappa shape index (κ3) is 5.43. The Kier molecular flexibility index (Phi) is 6.88. The van der Waals surface area contributed by atoms with E-state index in [-0.39, 0.29) is 5.92 Å². The number of allylic oxidation sites excluding steroid dienone is 2. The molecule has 0 saturated heterocycles. The van der Waals surface area contributed by atoms with Gasteiger partial charge < -0.3 is 9.84 Å². The Labute approximate surface area is 134 Å². The van der Waals surface area contributed by atoms with Crippen molar-refractivity contribution in [3.63, 3.8) is 0 Å². The number of hydrogen-bond donors (Lipinski definition) is 1. The van der Waals surface area contributed by atoms with Gasteiger partial charge in [0.15, 0.2) is 0 Å². The third-order valence-corrected chi connectivity index (χ3v) is 4.10. The highest BCUT2D eigenvalue weighted by Gasteiger charge is 2.24. The molecule has 0 heterocycles. The van der Waals surface area contributed by atoms with E-state index in [9.17, 15) is 5.11 Å². The molecule has 0 unspecified atom stereocenters. The van der Waals surface area contributed by atoms with Gasteiger partial charge in [-0.3, -0.25) is 0 Å². The van der Waals surface area contributed by atoms with Crippen LogP contribution >= 0.6 is 0 Å². The first-order chi connectivity index (χ1) is 10.7. The summed E-state index contributed by atoms with van der Waals surface area (Å²) in [4.78, 5) is 0. The van der Waals surface area contributed by atoms with Crippen LogP contribution in [0, 0.1) is 0 Å². The van der Waals surface area contributed by atoms with E-state index in [1.165, 1.54) is 37.7 Å². The van der Waals surface area contributed by atoms with Gasteiger partial charge in [0, 0.05) is 5.92 Å². The van der Waals surface area contributed by atoms with Crippen molar-refractivity contribution in [1.29, 1.82) is 0 Å². The molecule has 0 spiro atoms. The average Bonchev–Trinajstić information content (AvgIpc) is 2.55. The molecule has 1 aliphatic carbocycles. The average molecular weight is 300 g/mol. The molecule has 1 aromatic rings. The summed E-state index contributed by atoms with van der Waals surface area (Å²) in [6.07, 6.45) is 14.9. The summed E-state index contributed by atoms with van der Waals surface area (Å²) >= 11 is 0. The predicted octanol–water partition coefficient (Wildman–Crippen LogP) is 4.96. The van der Waals surface area contributed by atoms with E-state index in [1.54, 1.807) is 12.2 Å². The molecule has 0 amide bonds. The van der Waals surface area contributed by atoms with Crippen molar-refractivity contribution in [2.24, 2.45) is 0 Å². The lowest BCUT2D eigenvalue weighted by atomic mass is 9.93. The Bertz CT molecular complexity index is 462. The zero-order chi connectivity index (χ0) is 15.7. The van der Waals surface area contributed by atoms with Gasteiger partial charge in [-0.05, 0) is 24.1 Å². The summed E-state index contributed by atoms with van der Waals surface area (Å²) in [6.45, 7) is 2.83. The molecule has 1 N–H and O–H groups in total. The van der Waals surface area contributed by atoms with Gasteiger partial charge in [0.05, 0.1) is 6.61 Å². The van der Waals surface area contributed by atoms with Gasteiger partial charge in [-0.1, -0.05) is 81.5 Å². The summed E-state index contributed by atoms with van der Waals surface area (Å²) in [6, 6.07) is 10.3. The Morgan fingerprint density at radius 2 is 1.59 bits per heavy atom. The normalized spacial score (nSPS) is 23.8. The van der Waals surface area contributed by atoms with E-state index in [1.807, 2.05) is 30.4 Å². The van der Waals surface area contributed by atoms with Gasteiger partial charge in [-0.25, -0.2) is 0 Å². The minimum atomic E-state index is -1.23. The summed E-state index contributed by atoms with van der Waals surface area (Å²) < 4.78 is 5.64. The van der Waals surface area contributed by atoms with Gasteiger partial charge in [0.1, 0.15) is 0 Å². The zero-order valence-corrected chi connectivity index (χ0v) is 13.6. The number of benzene rings is 1. The van der Waals surface area contributed by atoms with Crippen molar-refractivity contribution >= 4 is 0 Å². The third-order valence-electron chi connectivity index (χ3n) is 4.10. The van der Waals surface area contributed by atoms with Crippen molar-refractivity contribution < 1.29 is 9.84 Å². The molecule has 0 aliphatic heterocycles. The second-order valence-corrected chi connectivity index (χ2v) is 6.02. The van der Waals surface area contributed by atoms with E-state index in [0.29, 0.717) is 6.61 Å². The van der Waals surface area contributed by atoms with Crippen LogP contribution in [0.4, 0.5) is 0 Å². The van der Waals surface area contributed by atoms with Crippen LogP contribution in [0.25, 0.3) is 0 Å². The quantitative estimate of drug-likeness (QED) is 0.397. The van der Waals surface area contributed by atoms with E-state index >= 15 is 0 Å². The largest absolute Gasteiger partial charge is 0.359 e. The Morgan fingerprint density at radius 1 is 0.955 bits per heavy atom. The van der Waals surface area contributed by atoms with Crippen LogP contribution in [0.1, 0.15) is 56.9 Å². The highest BCUT2D eigenvalue weighted by Crippen LogP contribution is 2.27. The van der Waals surface area contributed by atoms with E-state index in [4.69, 9.17) is 4.74 Å². The second-order valence-electron chi connectivity index (χ2n) is 6.02. The monoisotopic (exact) mass is 300 g/mol. The first kappa shape index (κ1) is 17.0. The molecule has 0 aromatic heterocycles. The van der Waals surface area contributed by atoms with E-state index < -0.39 is 5.79 Å². The van der Waals surface area contributed by atoms with Crippen molar-refractivity contribution in [3.8, 4) is 0 Å². The van der Waals surface area contributed by atoms with E-state index in [2.05, 4.69) is 19.1 Å². The SMILES string of the molecule is CCCCCCCCOC1(O)C=CC(c2ccccc2)C=C1. The van der Waals surface area contributed by atoms with Gasteiger partial charge in [0.25, 0.3) is 0 Å². The van der Waals surface area contributed by atoms with Crippen LogP contribution in [0.2, 0.25) is 0 Å². The minimum Gasteiger partial charge on any atom is -0.359 e. The van der Waals surface area contributed by atoms with Crippen LogP contribution in [0.5, 0.6) is 0 Å². The maximum Gasteiger partial charge on any atom is 0.205 e. The zero-order valence-electron chi connectivity index (χ0n) is 13.6. The molecule has 22 heavy (non-hydrogen) atoms. The molecule has 120 valence electrons. The predicted molar refractivity (Wildman–Crippen MR) is 91.7 cm³/mol. The number of aliphatic hydroxyl groups is 1. The smallest absolute Gasteiger partial charge is 0.205 e. The molecule has 1 aliphatic rings. The molecular formula is C20H28O2. The van der Waals surface area contributed by atoms with Crippen LogP contribution in [0.3, 0.4) is 0 Å². The second kappa shape index (κ2) is 8.92. The van der Waals surface area contributed by atoms with E-state index in [0.717, 1.165) is 6.42 Å². The molecule has 2 nitrogen and oxygen atoms in total. The summed E-state index contributed by atoms with van der Waals surface area (Å²) in [5.41, 5.74) is 1.23. The lowest BCUT2D eigenvalue weighted by molar-refractivity contribution is -0.131. The van der Waals surface area contributed by atoms with Crippen LogP contribution in [-0.2, 0) is 4.74 Å². The lowest BCUT2D eigenvalue weighted by Gasteiger charge is -2.26. The first-order valence-corrected chi connectivity index (χ1v) is 8.53. The summed E-state index contributed by atoms with van der Waals surface area (Å²) in [5.74, 6) is -1.01. The Hall–Kier alpha value is -1.38. The Morgan fingerprint density at radius 3 is 2.27 bits per heavy atom. The topological polar surface area (TPSA) is 29.5 Å². The highest BCUT2D eigenvalue weighted by molar-refractivity contribution is 5.33. The van der Waals surface area contributed by atoms with Crippen molar-refractivity contribution in [2.45, 2.75) is 57.2 Å². The molecule has 0 fully saturated rings. The fraction of sp³-hybridized carbons (Fsp3) is 0.500. The molecule has 1 aromatic carbocycles. The number of unbranched alkanes of at least 4 members (excludes halogenated alkanes) is 5. The molecule has 0 bridgehead atoms. The lowest BCUT2D eigenvalue weighted by Crippen LogP contribution is -2.29. The molecule has 0 radical (unpaired) electrons. The standard InChI is InChI=1S/C20H28O2/c1-2-3-4-5-6-10-17-22-20(21)15-13-19(14-16-20)18-11-8-7-9-12-18/h7-9,11-16,19,21H,2-6,10,17H2,1H3.